The lowest BCUT2D eigenvalue weighted by Crippen LogP contribution is -2.10. The molecule has 0 unspecified atom stereocenters. The molecular weight excluding hydrogens is 164 g/mol. The van der Waals surface area contributed by atoms with Gasteiger partial charge in [-0.25, -0.2) is 0 Å². The van der Waals surface area contributed by atoms with Crippen molar-refractivity contribution in [3.05, 3.63) is 30.1 Å². The quantitative estimate of drug-likeness (QED) is 0.756. The van der Waals surface area contributed by atoms with Crippen molar-refractivity contribution in [2.45, 2.75) is 26.7 Å². The molecule has 0 saturated carbocycles. The highest BCUT2D eigenvalue weighted by Crippen LogP contribution is 1.91. The van der Waals surface area contributed by atoms with Crippen molar-refractivity contribution in [3.63, 3.8) is 0 Å². The second kappa shape index (κ2) is 7.28. The van der Waals surface area contributed by atoms with Crippen LogP contribution in [0.1, 0.15) is 37.0 Å². The van der Waals surface area contributed by atoms with Crippen LogP contribution in [0.2, 0.25) is 0 Å². The van der Waals surface area contributed by atoms with Crippen LogP contribution in [-0.4, -0.2) is 10.9 Å². The molecule has 1 rings (SSSR count). The molecule has 0 atom stereocenters. The van der Waals surface area contributed by atoms with Gasteiger partial charge in [-0.15, -0.1) is 0 Å². The van der Waals surface area contributed by atoms with Crippen LogP contribution >= 0.6 is 0 Å². The van der Waals surface area contributed by atoms with Crippen molar-refractivity contribution >= 4 is 5.91 Å². The third kappa shape index (κ3) is 5.84. The average Bonchev–Trinajstić information content (AvgIpc) is 2.19. The Morgan fingerprint density at radius 2 is 2.08 bits per heavy atom. The van der Waals surface area contributed by atoms with E-state index in [1.807, 2.05) is 0 Å². The topological polar surface area (TPSA) is 56.0 Å². The van der Waals surface area contributed by atoms with E-state index in [4.69, 9.17) is 5.73 Å². The molecule has 0 aliphatic rings. The Morgan fingerprint density at radius 1 is 1.46 bits per heavy atom. The number of rotatable bonds is 2. The Labute approximate surface area is 79.0 Å². The minimum atomic E-state index is -0.442. The number of amides is 1. The molecule has 1 aromatic rings. The van der Waals surface area contributed by atoms with Gasteiger partial charge in [0, 0.05) is 12.4 Å². The Morgan fingerprint density at radius 3 is 2.31 bits per heavy atom. The first kappa shape index (κ1) is 11.6. The molecule has 1 heterocycles. The minimum absolute atomic E-state index is 0.442. The average molecular weight is 180 g/mol. The zero-order valence-electron chi connectivity index (χ0n) is 8.16. The molecule has 72 valence electrons. The smallest absolute Gasteiger partial charge is 0.250 e. The Bertz CT molecular complexity index is 232. The molecule has 0 fully saturated rings. The van der Waals surface area contributed by atoms with E-state index < -0.39 is 5.91 Å². The van der Waals surface area contributed by atoms with Gasteiger partial charge in [0.05, 0.1) is 5.56 Å². The summed E-state index contributed by atoms with van der Waals surface area (Å²) in [4.78, 5) is 14.1. The highest BCUT2D eigenvalue weighted by molar-refractivity contribution is 5.92. The van der Waals surface area contributed by atoms with Crippen LogP contribution in [0, 0.1) is 0 Å². The van der Waals surface area contributed by atoms with Crippen LogP contribution < -0.4 is 5.73 Å². The summed E-state index contributed by atoms with van der Waals surface area (Å²) in [7, 11) is 0. The fourth-order valence-corrected chi connectivity index (χ4v) is 0.509. The van der Waals surface area contributed by atoms with E-state index in [2.05, 4.69) is 18.8 Å². The fourth-order valence-electron chi connectivity index (χ4n) is 0.509. The van der Waals surface area contributed by atoms with Crippen LogP contribution in [0.15, 0.2) is 24.5 Å². The number of aromatic nitrogens is 1. The number of carbonyl (C=O) groups is 1. The van der Waals surface area contributed by atoms with Gasteiger partial charge in [0.1, 0.15) is 0 Å². The predicted molar refractivity (Wildman–Crippen MR) is 53.3 cm³/mol. The lowest BCUT2D eigenvalue weighted by Gasteiger charge is -1.88. The van der Waals surface area contributed by atoms with E-state index in [0.29, 0.717) is 5.56 Å². The second-order valence-corrected chi connectivity index (χ2v) is 2.61. The van der Waals surface area contributed by atoms with Gasteiger partial charge in [-0.2, -0.15) is 0 Å². The number of hydrogen-bond donors (Lipinski definition) is 1. The second-order valence-electron chi connectivity index (χ2n) is 2.61. The Hall–Kier alpha value is -1.38. The minimum Gasteiger partial charge on any atom is -0.366 e. The van der Waals surface area contributed by atoms with Crippen LogP contribution in [0.3, 0.4) is 0 Å². The highest BCUT2D eigenvalue weighted by atomic mass is 16.1. The zero-order chi connectivity index (χ0) is 10.1. The maximum atomic E-state index is 10.4. The summed E-state index contributed by atoms with van der Waals surface area (Å²) in [6.07, 6.45) is 5.66. The van der Waals surface area contributed by atoms with Crippen LogP contribution in [0.25, 0.3) is 0 Å². The molecule has 0 aliphatic carbocycles. The van der Waals surface area contributed by atoms with Crippen LogP contribution in [0.5, 0.6) is 0 Å². The molecule has 3 heteroatoms. The van der Waals surface area contributed by atoms with Gasteiger partial charge in [0.15, 0.2) is 0 Å². The first-order valence-electron chi connectivity index (χ1n) is 4.42. The first-order chi connectivity index (χ1) is 6.22. The Kier molecular flexibility index (Phi) is 6.51. The molecule has 0 saturated heterocycles. The summed E-state index contributed by atoms with van der Waals surface area (Å²) in [5.74, 6) is -0.442. The number of unbranched alkanes of at least 4 members (excludes halogenated alkanes) is 1. The number of nitrogens with two attached hydrogens (primary N) is 1. The summed E-state index contributed by atoms with van der Waals surface area (Å²) >= 11 is 0. The van der Waals surface area contributed by atoms with Gasteiger partial charge in [-0.3, -0.25) is 9.78 Å². The summed E-state index contributed by atoms with van der Waals surface area (Å²) in [6.45, 7) is 4.36. The molecule has 0 radical (unpaired) electrons. The highest BCUT2D eigenvalue weighted by Gasteiger charge is 1.94. The standard InChI is InChI=1S/C6H6N2O.C4H10/c7-6(9)5-2-1-3-8-4-5;1-3-4-2/h1-4H,(H2,7,9);3-4H2,1-2H3. The van der Waals surface area contributed by atoms with E-state index >= 15 is 0 Å². The lowest BCUT2D eigenvalue weighted by atomic mass is 10.3. The molecule has 1 amide bonds. The summed E-state index contributed by atoms with van der Waals surface area (Å²) in [5.41, 5.74) is 5.38. The van der Waals surface area contributed by atoms with E-state index in [-0.39, 0.29) is 0 Å². The van der Waals surface area contributed by atoms with E-state index in [9.17, 15) is 4.79 Å². The number of hydrogen-bond acceptors (Lipinski definition) is 2. The van der Waals surface area contributed by atoms with Crippen molar-refractivity contribution in [1.82, 2.24) is 4.98 Å². The zero-order valence-corrected chi connectivity index (χ0v) is 8.16. The van der Waals surface area contributed by atoms with Crippen LogP contribution in [-0.2, 0) is 0 Å². The molecule has 1 aromatic heterocycles. The molecule has 0 spiro atoms. The molecule has 13 heavy (non-hydrogen) atoms. The monoisotopic (exact) mass is 180 g/mol. The van der Waals surface area contributed by atoms with E-state index in [1.54, 1.807) is 18.3 Å². The van der Waals surface area contributed by atoms with Gasteiger partial charge >= 0.3 is 0 Å². The van der Waals surface area contributed by atoms with Crippen molar-refractivity contribution in [2.24, 2.45) is 5.73 Å². The Balaban J connectivity index is 0.000000310. The molecule has 0 aromatic carbocycles. The van der Waals surface area contributed by atoms with Crippen molar-refractivity contribution in [1.29, 1.82) is 0 Å². The molecule has 3 nitrogen and oxygen atoms in total. The molecular formula is C10H16N2O. The lowest BCUT2D eigenvalue weighted by molar-refractivity contribution is 0.1000. The summed E-state index contributed by atoms with van der Waals surface area (Å²) in [6, 6.07) is 3.29. The van der Waals surface area contributed by atoms with Gasteiger partial charge in [0.25, 0.3) is 0 Å². The SMILES string of the molecule is CCCC.NC(=O)c1cccnc1. The third-order valence-corrected chi connectivity index (χ3v) is 1.45. The summed E-state index contributed by atoms with van der Waals surface area (Å²) in [5, 5.41) is 0. The molecule has 0 aliphatic heterocycles. The van der Waals surface area contributed by atoms with Crippen molar-refractivity contribution in [2.75, 3.05) is 0 Å². The fraction of sp³-hybridized carbons (Fsp3) is 0.400. The number of primary amides is 1. The van der Waals surface area contributed by atoms with E-state index in [1.165, 1.54) is 19.0 Å². The maximum Gasteiger partial charge on any atom is 0.250 e. The third-order valence-electron chi connectivity index (χ3n) is 1.45. The molecule has 2 N–H and O–H groups in total. The molecule has 0 bridgehead atoms. The number of pyridine rings is 1. The largest absolute Gasteiger partial charge is 0.366 e. The van der Waals surface area contributed by atoms with Gasteiger partial charge in [-0.1, -0.05) is 26.7 Å². The number of carbonyl (C=O) groups excluding carboxylic acids is 1. The first-order valence-corrected chi connectivity index (χ1v) is 4.42. The normalized spacial score (nSPS) is 8.46. The maximum absolute atomic E-state index is 10.4. The predicted octanol–water partition coefficient (Wildman–Crippen LogP) is 1.99. The van der Waals surface area contributed by atoms with Crippen molar-refractivity contribution in [3.8, 4) is 0 Å². The van der Waals surface area contributed by atoms with Gasteiger partial charge in [0.2, 0.25) is 5.91 Å². The van der Waals surface area contributed by atoms with Crippen molar-refractivity contribution < 1.29 is 4.79 Å². The van der Waals surface area contributed by atoms with Crippen LogP contribution in [0.4, 0.5) is 0 Å². The van der Waals surface area contributed by atoms with Gasteiger partial charge < -0.3 is 5.73 Å². The van der Waals surface area contributed by atoms with Gasteiger partial charge in [-0.05, 0) is 12.1 Å². The number of nitrogens with zero attached hydrogens (tertiary/aromatic N) is 1. The van der Waals surface area contributed by atoms with E-state index in [0.717, 1.165) is 0 Å². The summed E-state index contributed by atoms with van der Waals surface area (Å²) < 4.78 is 0.